The van der Waals surface area contributed by atoms with E-state index >= 15 is 0 Å². The Balaban J connectivity index is 1.52. The molecule has 42 heavy (non-hydrogen) atoms. The van der Waals surface area contributed by atoms with Crippen LogP contribution in [0.1, 0.15) is 0 Å². The summed E-state index contributed by atoms with van der Waals surface area (Å²) in [6.07, 6.45) is 0. The van der Waals surface area contributed by atoms with E-state index in [2.05, 4.69) is 78.9 Å². The van der Waals surface area contributed by atoms with Crippen molar-refractivity contribution in [3.63, 3.8) is 0 Å². The molecule has 0 saturated heterocycles. The third kappa shape index (κ3) is 3.45. The molecule has 6 heteroatoms. The predicted octanol–water partition coefficient (Wildman–Crippen LogP) is 4.35. The molecule has 8 rings (SSSR count). The van der Waals surface area contributed by atoms with E-state index in [-0.39, 0.29) is 16.4 Å². The summed E-state index contributed by atoms with van der Waals surface area (Å²) in [7, 11) is 32.0. The Labute approximate surface area is 250 Å². The average molecular weight is 520 g/mol. The average Bonchev–Trinajstić information content (AvgIpc) is 3.41. The van der Waals surface area contributed by atoms with Crippen molar-refractivity contribution < 1.29 is 4.42 Å². The summed E-state index contributed by atoms with van der Waals surface area (Å²) >= 11 is 0. The fraction of sp³-hybridized carbons (Fsp3) is 0. The quantitative estimate of drug-likeness (QED) is 0.245. The Bertz CT molecular complexity index is 2340. The van der Waals surface area contributed by atoms with Crippen LogP contribution in [0.5, 0.6) is 0 Å². The molecule has 182 valence electrons. The van der Waals surface area contributed by atoms with Crippen LogP contribution < -0.4 is 27.3 Å². The molecule has 0 bridgehead atoms. The lowest BCUT2D eigenvalue weighted by Crippen LogP contribution is -2.55. The van der Waals surface area contributed by atoms with Gasteiger partial charge in [0.2, 0.25) is 0 Å². The van der Waals surface area contributed by atoms with Gasteiger partial charge < -0.3 is 4.42 Å². The summed E-state index contributed by atoms with van der Waals surface area (Å²) in [5, 5.41) is 8.60. The van der Waals surface area contributed by atoms with Crippen LogP contribution in [0.4, 0.5) is 0 Å². The molecular weight excluding hydrogens is 502 g/mol. The van der Waals surface area contributed by atoms with Gasteiger partial charge in [0.1, 0.15) is 50.4 Å². The van der Waals surface area contributed by atoms with Crippen LogP contribution in [0.25, 0.3) is 76.5 Å². The lowest BCUT2D eigenvalue weighted by Gasteiger charge is -2.25. The predicted molar refractivity (Wildman–Crippen MR) is 184 cm³/mol. The van der Waals surface area contributed by atoms with E-state index < -0.39 is 0 Å². The Kier molecular flexibility index (Phi) is 5.53. The minimum atomic E-state index is 0.201. The van der Waals surface area contributed by atoms with Crippen LogP contribution in [0.15, 0.2) is 108 Å². The second-order valence-electron chi connectivity index (χ2n) is 10.8. The molecule has 1 aromatic heterocycles. The van der Waals surface area contributed by atoms with E-state index in [1.807, 2.05) is 24.3 Å². The van der Waals surface area contributed by atoms with E-state index in [9.17, 15) is 0 Å². The monoisotopic (exact) mass is 520 g/mol. The summed E-state index contributed by atoms with van der Waals surface area (Å²) in [5.41, 5.74) is 6.69. The summed E-state index contributed by atoms with van der Waals surface area (Å²) in [6.45, 7) is 0. The maximum absolute atomic E-state index is 6.61. The Morgan fingerprint density at radius 2 is 0.881 bits per heavy atom. The van der Waals surface area contributed by atoms with E-state index in [0.29, 0.717) is 16.5 Å². The summed E-state index contributed by atoms with van der Waals surface area (Å²) < 4.78 is 6.30. The normalized spacial score (nSPS) is 11.8. The standard InChI is InChI=1S/C36H17B5O/c37-32-31(33(38)35(40)36(41)34(32)39)30-23-11-5-3-9-21(23)28(22-10-4-6-12-24(22)30)19-14-15-26-25(17-19)29-20-8-2-1-7-18(20)13-16-27(29)42-26/h1-17H. The highest BCUT2D eigenvalue weighted by molar-refractivity contribution is 6.69. The number of furan rings is 1. The van der Waals surface area contributed by atoms with Gasteiger partial charge in [-0.05, 0) is 72.8 Å². The van der Waals surface area contributed by atoms with Gasteiger partial charge in [0.05, 0.1) is 0 Å². The van der Waals surface area contributed by atoms with Crippen molar-refractivity contribution in [2.45, 2.75) is 0 Å². The van der Waals surface area contributed by atoms with Gasteiger partial charge in [-0.3, -0.25) is 0 Å². The van der Waals surface area contributed by atoms with Crippen molar-refractivity contribution in [1.82, 2.24) is 0 Å². The first kappa shape index (κ1) is 25.2. The number of hydrogen-bond donors (Lipinski definition) is 0. The molecule has 0 spiro atoms. The summed E-state index contributed by atoms with van der Waals surface area (Å²) in [5.74, 6) is 0. The van der Waals surface area contributed by atoms with Gasteiger partial charge in [-0.2, -0.15) is 0 Å². The first-order chi connectivity index (χ1) is 20.4. The Hall–Kier alpha value is -4.56. The molecule has 1 nitrogen and oxygen atoms in total. The first-order valence-electron chi connectivity index (χ1n) is 13.7. The maximum atomic E-state index is 6.61. The first-order valence-corrected chi connectivity index (χ1v) is 13.7. The van der Waals surface area contributed by atoms with Crippen LogP contribution in [0, 0.1) is 0 Å². The van der Waals surface area contributed by atoms with Crippen molar-refractivity contribution >= 4 is 121 Å². The molecule has 8 aromatic rings. The Morgan fingerprint density at radius 3 is 1.50 bits per heavy atom. The van der Waals surface area contributed by atoms with Gasteiger partial charge in [-0.25, -0.2) is 0 Å². The smallest absolute Gasteiger partial charge is 0.136 e. The lowest BCUT2D eigenvalue weighted by molar-refractivity contribution is 0.669. The molecule has 0 fully saturated rings. The molecule has 0 saturated carbocycles. The molecule has 0 unspecified atom stereocenters. The molecule has 10 radical (unpaired) electrons. The SMILES string of the molecule is [B]c1c([B])c([B])c(-c2c3ccccc3c(-c3ccc4oc5ccc6ccccc6c5c4c3)c3ccccc23)c([B])c1[B]. The largest absolute Gasteiger partial charge is 0.456 e. The van der Waals surface area contributed by atoms with Crippen molar-refractivity contribution in [2.75, 3.05) is 0 Å². The second kappa shape index (κ2) is 9.23. The van der Waals surface area contributed by atoms with Crippen molar-refractivity contribution in [3.05, 3.63) is 103 Å². The van der Waals surface area contributed by atoms with Crippen LogP contribution in [0.2, 0.25) is 0 Å². The number of fused-ring (bicyclic) bond motifs is 7. The van der Waals surface area contributed by atoms with Crippen LogP contribution >= 0.6 is 0 Å². The number of hydrogen-bond acceptors (Lipinski definition) is 1. The zero-order chi connectivity index (χ0) is 28.7. The van der Waals surface area contributed by atoms with Gasteiger partial charge >= 0.3 is 0 Å². The fourth-order valence-electron chi connectivity index (χ4n) is 6.53. The van der Waals surface area contributed by atoms with Gasteiger partial charge in [0.15, 0.2) is 0 Å². The molecular formula is C36H17B5O. The molecule has 1 heterocycles. The molecule has 0 N–H and O–H groups in total. The lowest BCUT2D eigenvalue weighted by atomic mass is 9.59. The minimum absolute atomic E-state index is 0.201. The molecule has 0 aliphatic carbocycles. The minimum Gasteiger partial charge on any atom is -0.456 e. The van der Waals surface area contributed by atoms with Gasteiger partial charge in [-0.1, -0.05) is 95.9 Å². The summed E-state index contributed by atoms with van der Waals surface area (Å²) in [4.78, 5) is 0. The topological polar surface area (TPSA) is 13.1 Å². The molecule has 0 amide bonds. The number of rotatable bonds is 2. The van der Waals surface area contributed by atoms with Crippen LogP contribution in [-0.4, -0.2) is 39.2 Å². The van der Waals surface area contributed by atoms with Crippen LogP contribution in [-0.2, 0) is 0 Å². The zero-order valence-corrected chi connectivity index (χ0v) is 22.6. The number of benzene rings is 7. The third-order valence-electron chi connectivity index (χ3n) is 8.53. The molecule has 0 aliphatic heterocycles. The van der Waals surface area contributed by atoms with Crippen molar-refractivity contribution in [2.24, 2.45) is 0 Å². The molecule has 0 atom stereocenters. The maximum Gasteiger partial charge on any atom is 0.136 e. The fourth-order valence-corrected chi connectivity index (χ4v) is 6.53. The molecule has 7 aromatic carbocycles. The van der Waals surface area contributed by atoms with Gasteiger partial charge in [0.25, 0.3) is 0 Å². The van der Waals surface area contributed by atoms with Gasteiger partial charge in [-0.15, -0.1) is 16.4 Å². The third-order valence-corrected chi connectivity index (χ3v) is 8.53. The highest BCUT2D eigenvalue weighted by Crippen LogP contribution is 2.44. The van der Waals surface area contributed by atoms with Crippen LogP contribution in [0.3, 0.4) is 0 Å². The highest BCUT2D eigenvalue weighted by atomic mass is 16.3. The summed E-state index contributed by atoms with van der Waals surface area (Å²) in [6, 6.07) is 35.5. The van der Waals surface area contributed by atoms with Gasteiger partial charge in [0, 0.05) is 10.8 Å². The highest BCUT2D eigenvalue weighted by Gasteiger charge is 2.21. The van der Waals surface area contributed by atoms with E-state index in [1.54, 1.807) is 0 Å². The molecule has 0 aliphatic rings. The zero-order valence-electron chi connectivity index (χ0n) is 22.6. The van der Waals surface area contributed by atoms with Crippen molar-refractivity contribution in [1.29, 1.82) is 0 Å². The second-order valence-corrected chi connectivity index (χ2v) is 10.8. The van der Waals surface area contributed by atoms with E-state index in [4.69, 9.17) is 43.6 Å². The van der Waals surface area contributed by atoms with E-state index in [0.717, 1.165) is 60.2 Å². The van der Waals surface area contributed by atoms with Crippen molar-refractivity contribution in [3.8, 4) is 22.3 Å². The van der Waals surface area contributed by atoms with E-state index in [1.165, 1.54) is 10.8 Å². The Morgan fingerprint density at radius 1 is 0.381 bits per heavy atom.